The van der Waals surface area contributed by atoms with Crippen LogP contribution in [0, 0.1) is 0 Å². The van der Waals surface area contributed by atoms with Crippen LogP contribution >= 0.6 is 23.2 Å². The fourth-order valence-corrected chi connectivity index (χ4v) is 5.44. The molecule has 156 valence electrons. The van der Waals surface area contributed by atoms with Gasteiger partial charge in [-0.1, -0.05) is 35.7 Å². The molecule has 1 aliphatic rings. The number of rotatable bonds is 4. The zero-order chi connectivity index (χ0) is 21.5. The molecule has 0 spiro atoms. The second-order valence-electron chi connectivity index (χ2n) is 7.13. The molecule has 0 amide bonds. The van der Waals surface area contributed by atoms with Gasteiger partial charge in [-0.15, -0.1) is 0 Å². The number of aromatic carboxylic acids is 1. The van der Waals surface area contributed by atoms with Crippen LogP contribution in [0.3, 0.4) is 0 Å². The highest BCUT2D eigenvalue weighted by Crippen LogP contribution is 2.31. The average Bonchev–Trinajstić information content (AvgIpc) is 2.75. The first kappa shape index (κ1) is 21.1. The predicted octanol–water partition coefficient (Wildman–Crippen LogP) is 5.08. The summed E-state index contributed by atoms with van der Waals surface area (Å²) in [5.74, 6) is -1.17. The van der Waals surface area contributed by atoms with E-state index in [4.69, 9.17) is 23.2 Å². The molecule has 1 aromatic heterocycles. The van der Waals surface area contributed by atoms with E-state index in [1.807, 2.05) is 0 Å². The molecule has 30 heavy (non-hydrogen) atoms. The summed E-state index contributed by atoms with van der Waals surface area (Å²) in [5, 5.41) is 10.7. The van der Waals surface area contributed by atoms with E-state index in [-0.39, 0.29) is 15.8 Å². The molecule has 1 saturated heterocycles. The van der Waals surface area contributed by atoms with Crippen molar-refractivity contribution in [2.75, 3.05) is 13.1 Å². The highest BCUT2D eigenvalue weighted by molar-refractivity contribution is 7.89. The van der Waals surface area contributed by atoms with Gasteiger partial charge in [-0.25, -0.2) is 18.2 Å². The molecule has 1 fully saturated rings. The molecule has 4 rings (SSSR count). The quantitative estimate of drug-likeness (QED) is 0.581. The van der Waals surface area contributed by atoms with E-state index in [9.17, 15) is 18.3 Å². The summed E-state index contributed by atoms with van der Waals surface area (Å²) < 4.78 is 27.5. The van der Waals surface area contributed by atoms with Gasteiger partial charge in [0.1, 0.15) is 0 Å². The van der Waals surface area contributed by atoms with Gasteiger partial charge < -0.3 is 5.11 Å². The Kier molecular flexibility index (Phi) is 5.72. The number of hydrogen-bond donors (Lipinski definition) is 1. The fourth-order valence-electron chi connectivity index (χ4n) is 3.60. The molecule has 0 saturated carbocycles. The Hall–Kier alpha value is -2.19. The monoisotopic (exact) mass is 464 g/mol. The first-order valence-electron chi connectivity index (χ1n) is 9.41. The lowest BCUT2D eigenvalue weighted by molar-refractivity contribution is 0.0699. The van der Waals surface area contributed by atoms with Crippen molar-refractivity contribution in [3.8, 4) is 11.3 Å². The number of piperidine rings is 1. The predicted molar refractivity (Wildman–Crippen MR) is 117 cm³/mol. The molecule has 1 aliphatic heterocycles. The van der Waals surface area contributed by atoms with Gasteiger partial charge in [-0.2, -0.15) is 4.31 Å². The van der Waals surface area contributed by atoms with E-state index < -0.39 is 16.0 Å². The molecule has 0 atom stereocenters. The third-order valence-corrected chi connectivity index (χ3v) is 7.81. The van der Waals surface area contributed by atoms with Crippen LogP contribution in [-0.2, 0) is 10.0 Å². The topological polar surface area (TPSA) is 87.6 Å². The molecule has 0 aliphatic carbocycles. The van der Waals surface area contributed by atoms with Crippen LogP contribution in [0.1, 0.15) is 29.6 Å². The highest BCUT2D eigenvalue weighted by Gasteiger charge is 2.27. The summed E-state index contributed by atoms with van der Waals surface area (Å²) in [5.41, 5.74) is 1.37. The lowest BCUT2D eigenvalue weighted by Crippen LogP contribution is -2.35. The molecule has 1 N–H and O–H groups in total. The fraction of sp³-hybridized carbons (Fsp3) is 0.238. The molecular formula is C21H18Cl2N2O4S. The molecule has 0 unspecified atom stereocenters. The molecule has 0 radical (unpaired) electrons. The minimum Gasteiger partial charge on any atom is -0.478 e. The second kappa shape index (κ2) is 8.15. The van der Waals surface area contributed by atoms with Gasteiger partial charge in [0.25, 0.3) is 0 Å². The SMILES string of the molecule is O=C(O)c1cc(-c2ccc(Cl)c(Cl)c2)nc2ccc(S(=O)(=O)N3CCCCC3)cc12. The van der Waals surface area contributed by atoms with Crippen LogP contribution in [0.4, 0.5) is 0 Å². The number of halogens is 2. The Balaban J connectivity index is 1.85. The van der Waals surface area contributed by atoms with E-state index in [1.165, 1.54) is 22.5 Å². The summed E-state index contributed by atoms with van der Waals surface area (Å²) in [7, 11) is -3.69. The van der Waals surface area contributed by atoms with Crippen molar-refractivity contribution in [3.63, 3.8) is 0 Å². The Labute approximate surface area is 184 Å². The number of benzene rings is 2. The Bertz CT molecular complexity index is 1260. The van der Waals surface area contributed by atoms with Crippen LogP contribution in [0.2, 0.25) is 10.0 Å². The number of hydrogen-bond acceptors (Lipinski definition) is 4. The lowest BCUT2D eigenvalue weighted by Gasteiger charge is -2.26. The van der Waals surface area contributed by atoms with E-state index in [2.05, 4.69) is 4.98 Å². The van der Waals surface area contributed by atoms with Crippen molar-refractivity contribution in [3.05, 3.63) is 58.1 Å². The van der Waals surface area contributed by atoms with Crippen molar-refractivity contribution in [1.29, 1.82) is 0 Å². The van der Waals surface area contributed by atoms with Crippen LogP contribution in [0.15, 0.2) is 47.4 Å². The first-order valence-corrected chi connectivity index (χ1v) is 11.6. The lowest BCUT2D eigenvalue weighted by atomic mass is 10.0. The molecule has 2 aromatic carbocycles. The maximum Gasteiger partial charge on any atom is 0.336 e. The summed E-state index contributed by atoms with van der Waals surface area (Å²) in [6.07, 6.45) is 2.65. The molecule has 9 heteroatoms. The number of carbonyl (C=O) groups is 1. The number of sulfonamides is 1. The number of aromatic nitrogens is 1. The van der Waals surface area contributed by atoms with Gasteiger partial charge in [0.2, 0.25) is 10.0 Å². The number of fused-ring (bicyclic) bond motifs is 1. The minimum absolute atomic E-state index is 0.0308. The number of carboxylic acid groups (broad SMARTS) is 1. The van der Waals surface area contributed by atoms with Crippen molar-refractivity contribution in [2.24, 2.45) is 0 Å². The van der Waals surface area contributed by atoms with E-state index in [0.717, 1.165) is 19.3 Å². The second-order valence-corrected chi connectivity index (χ2v) is 9.89. The maximum absolute atomic E-state index is 13.0. The minimum atomic E-state index is -3.69. The van der Waals surface area contributed by atoms with Crippen LogP contribution in [0.5, 0.6) is 0 Å². The van der Waals surface area contributed by atoms with E-state index >= 15 is 0 Å². The largest absolute Gasteiger partial charge is 0.478 e. The highest BCUT2D eigenvalue weighted by atomic mass is 35.5. The summed E-state index contributed by atoms with van der Waals surface area (Å²) >= 11 is 12.0. The van der Waals surface area contributed by atoms with Crippen LogP contribution in [0.25, 0.3) is 22.2 Å². The summed E-state index contributed by atoms with van der Waals surface area (Å²) in [6.45, 7) is 0.946. The van der Waals surface area contributed by atoms with Gasteiger partial charge in [0.05, 0.1) is 31.7 Å². The Morgan fingerprint density at radius 1 is 0.967 bits per heavy atom. The van der Waals surface area contributed by atoms with E-state index in [0.29, 0.717) is 39.9 Å². The van der Waals surface area contributed by atoms with Gasteiger partial charge in [-0.05, 0) is 49.2 Å². The zero-order valence-electron chi connectivity index (χ0n) is 15.8. The van der Waals surface area contributed by atoms with Gasteiger partial charge in [-0.3, -0.25) is 0 Å². The third-order valence-electron chi connectivity index (χ3n) is 5.18. The molecular weight excluding hydrogens is 447 g/mol. The smallest absolute Gasteiger partial charge is 0.336 e. The molecule has 0 bridgehead atoms. The van der Waals surface area contributed by atoms with Crippen molar-refractivity contribution in [1.82, 2.24) is 9.29 Å². The number of nitrogens with zero attached hydrogens (tertiary/aromatic N) is 2. The van der Waals surface area contributed by atoms with Gasteiger partial charge >= 0.3 is 5.97 Å². The molecule has 2 heterocycles. The standard InChI is InChI=1S/C21H18Cl2N2O4S/c22-17-6-4-13(10-18(17)23)20-12-16(21(26)27)15-11-14(5-7-19(15)24-20)30(28,29)25-8-2-1-3-9-25/h4-7,10-12H,1-3,8-9H2,(H,26,27). The zero-order valence-corrected chi connectivity index (χ0v) is 18.1. The van der Waals surface area contributed by atoms with Crippen molar-refractivity contribution >= 4 is 50.1 Å². The first-order chi connectivity index (χ1) is 14.3. The van der Waals surface area contributed by atoms with Crippen molar-refractivity contribution < 1.29 is 18.3 Å². The summed E-state index contributed by atoms with van der Waals surface area (Å²) in [4.78, 5) is 16.5. The van der Waals surface area contributed by atoms with Crippen LogP contribution < -0.4 is 0 Å². The number of carboxylic acids is 1. The Morgan fingerprint density at radius 3 is 2.37 bits per heavy atom. The molecule has 3 aromatic rings. The van der Waals surface area contributed by atoms with Crippen molar-refractivity contribution in [2.45, 2.75) is 24.2 Å². The summed E-state index contributed by atoms with van der Waals surface area (Å²) in [6, 6.07) is 10.8. The average molecular weight is 465 g/mol. The normalized spacial score (nSPS) is 15.4. The van der Waals surface area contributed by atoms with Gasteiger partial charge in [0.15, 0.2) is 0 Å². The maximum atomic E-state index is 13.0. The Morgan fingerprint density at radius 2 is 1.70 bits per heavy atom. The van der Waals surface area contributed by atoms with E-state index in [1.54, 1.807) is 24.3 Å². The molecule has 6 nitrogen and oxygen atoms in total. The van der Waals surface area contributed by atoms with Gasteiger partial charge in [0, 0.05) is 24.0 Å². The third kappa shape index (κ3) is 3.90. The van der Waals surface area contributed by atoms with Crippen LogP contribution in [-0.4, -0.2) is 41.9 Å². The number of pyridine rings is 1.